The fourth-order valence-corrected chi connectivity index (χ4v) is 4.00. The van der Waals surface area contributed by atoms with E-state index in [1.165, 1.54) is 11.3 Å². The van der Waals surface area contributed by atoms with E-state index in [9.17, 15) is 4.79 Å². The number of rotatable bonds is 3. The smallest absolute Gasteiger partial charge is 0.228 e. The molecule has 122 valence electrons. The average molecular weight is 370 g/mol. The maximum absolute atomic E-state index is 12.3. The highest BCUT2D eigenvalue weighted by atomic mass is 35.5. The maximum Gasteiger partial charge on any atom is 0.228 e. The molecule has 23 heavy (non-hydrogen) atoms. The highest BCUT2D eigenvalue weighted by Gasteiger charge is 2.21. The number of likely N-dealkylation sites (tertiary alicyclic amines) is 1. The Balaban J connectivity index is 1.68. The molecule has 7 heteroatoms. The minimum absolute atomic E-state index is 0.107. The van der Waals surface area contributed by atoms with Crippen LogP contribution in [0.5, 0.6) is 0 Å². The summed E-state index contributed by atoms with van der Waals surface area (Å²) in [7, 11) is 0. The van der Waals surface area contributed by atoms with E-state index in [0.717, 1.165) is 42.2 Å². The molecule has 1 aromatic carbocycles. The molecule has 3 rings (SSSR count). The third-order valence-corrected chi connectivity index (χ3v) is 5.41. The lowest BCUT2D eigenvalue weighted by Crippen LogP contribution is -2.43. The number of thiazole rings is 1. The normalized spacial score (nSPS) is 15.9. The molecule has 1 aliphatic rings. The van der Waals surface area contributed by atoms with Gasteiger partial charge in [-0.2, -0.15) is 0 Å². The summed E-state index contributed by atoms with van der Waals surface area (Å²) < 4.78 is 0. The number of piperidine rings is 1. The van der Waals surface area contributed by atoms with Gasteiger partial charge in [-0.05, 0) is 31.0 Å². The average Bonchev–Trinajstić information content (AvgIpc) is 2.96. The lowest BCUT2D eigenvalue weighted by Gasteiger charge is -2.30. The molecular formula is C16H17Cl2N3OS. The van der Waals surface area contributed by atoms with Gasteiger partial charge in [0.25, 0.3) is 0 Å². The van der Waals surface area contributed by atoms with Crippen molar-refractivity contribution in [2.24, 2.45) is 5.73 Å². The second-order valence-electron chi connectivity index (χ2n) is 5.66. The van der Waals surface area contributed by atoms with Crippen molar-refractivity contribution in [3.63, 3.8) is 0 Å². The summed E-state index contributed by atoms with van der Waals surface area (Å²) in [6.45, 7) is 1.47. The van der Waals surface area contributed by atoms with Crippen LogP contribution in [0.25, 0.3) is 10.6 Å². The Labute approximate surface area is 149 Å². The zero-order chi connectivity index (χ0) is 16.4. The van der Waals surface area contributed by atoms with Crippen LogP contribution in [0.2, 0.25) is 10.0 Å². The molecule has 0 bridgehead atoms. The number of nitrogens with two attached hydrogens (primary N) is 1. The van der Waals surface area contributed by atoms with Crippen molar-refractivity contribution >= 4 is 40.4 Å². The van der Waals surface area contributed by atoms with Gasteiger partial charge in [0.2, 0.25) is 5.91 Å². The third-order valence-electron chi connectivity index (χ3n) is 3.94. The molecule has 0 unspecified atom stereocenters. The minimum Gasteiger partial charge on any atom is -0.342 e. The minimum atomic E-state index is 0.107. The SMILES string of the molecule is NC1CCN(C(=O)Cc2csc(-c3ccc(Cl)cc3Cl)n2)CC1. The van der Waals surface area contributed by atoms with Crippen molar-refractivity contribution in [2.45, 2.75) is 25.3 Å². The Hall–Kier alpha value is -1.14. The van der Waals surface area contributed by atoms with Gasteiger partial charge >= 0.3 is 0 Å². The first-order valence-corrected chi connectivity index (χ1v) is 9.09. The van der Waals surface area contributed by atoms with Crippen LogP contribution in [0.15, 0.2) is 23.6 Å². The van der Waals surface area contributed by atoms with Crippen LogP contribution in [-0.4, -0.2) is 34.9 Å². The van der Waals surface area contributed by atoms with Gasteiger partial charge < -0.3 is 10.6 Å². The molecule has 1 aliphatic heterocycles. The molecule has 4 nitrogen and oxygen atoms in total. The molecule has 0 spiro atoms. The van der Waals surface area contributed by atoms with Crippen molar-refractivity contribution in [2.75, 3.05) is 13.1 Å². The molecule has 2 N–H and O–H groups in total. The summed E-state index contributed by atoms with van der Waals surface area (Å²) in [4.78, 5) is 18.7. The van der Waals surface area contributed by atoms with Crippen LogP contribution in [-0.2, 0) is 11.2 Å². The molecule has 1 saturated heterocycles. The van der Waals surface area contributed by atoms with Crippen molar-refractivity contribution in [3.05, 3.63) is 39.3 Å². The van der Waals surface area contributed by atoms with Gasteiger partial charge in [-0.15, -0.1) is 11.3 Å². The molecule has 0 saturated carbocycles. The molecule has 2 aromatic rings. The van der Waals surface area contributed by atoms with Gasteiger partial charge in [0, 0.05) is 35.1 Å². The number of aromatic nitrogens is 1. The summed E-state index contributed by atoms with van der Waals surface area (Å²) in [5.41, 5.74) is 7.48. The first-order chi connectivity index (χ1) is 11.0. The van der Waals surface area contributed by atoms with E-state index in [-0.39, 0.29) is 11.9 Å². The molecule has 1 aromatic heterocycles. The van der Waals surface area contributed by atoms with E-state index in [4.69, 9.17) is 28.9 Å². The number of hydrogen-bond donors (Lipinski definition) is 1. The van der Waals surface area contributed by atoms with Gasteiger partial charge in [0.1, 0.15) is 5.01 Å². The Bertz CT molecular complexity index is 711. The second kappa shape index (κ2) is 7.18. The Kier molecular flexibility index (Phi) is 5.21. The highest BCUT2D eigenvalue weighted by Crippen LogP contribution is 2.32. The van der Waals surface area contributed by atoms with Crippen molar-refractivity contribution in [1.29, 1.82) is 0 Å². The molecule has 0 radical (unpaired) electrons. The largest absolute Gasteiger partial charge is 0.342 e. The number of hydrogen-bond acceptors (Lipinski definition) is 4. The summed E-state index contributed by atoms with van der Waals surface area (Å²) in [5, 5.41) is 3.87. The summed E-state index contributed by atoms with van der Waals surface area (Å²) >= 11 is 13.6. The van der Waals surface area contributed by atoms with Gasteiger partial charge in [-0.3, -0.25) is 4.79 Å². The van der Waals surface area contributed by atoms with E-state index in [0.29, 0.717) is 16.5 Å². The molecule has 1 fully saturated rings. The van der Waals surface area contributed by atoms with Gasteiger partial charge in [0.05, 0.1) is 17.1 Å². The Morgan fingerprint density at radius 2 is 2.09 bits per heavy atom. The fourth-order valence-electron chi connectivity index (χ4n) is 2.59. The topological polar surface area (TPSA) is 59.2 Å². The van der Waals surface area contributed by atoms with E-state index >= 15 is 0 Å². The first-order valence-electron chi connectivity index (χ1n) is 7.46. The van der Waals surface area contributed by atoms with Crippen LogP contribution in [0, 0.1) is 0 Å². The summed E-state index contributed by atoms with van der Waals surface area (Å²) in [6, 6.07) is 5.55. The van der Waals surface area contributed by atoms with E-state index in [1.807, 2.05) is 16.3 Å². The van der Waals surface area contributed by atoms with Crippen LogP contribution in [0.4, 0.5) is 0 Å². The van der Waals surface area contributed by atoms with E-state index in [2.05, 4.69) is 4.98 Å². The Morgan fingerprint density at radius 1 is 1.35 bits per heavy atom. The van der Waals surface area contributed by atoms with Crippen LogP contribution < -0.4 is 5.73 Å². The number of benzene rings is 1. The second-order valence-corrected chi connectivity index (χ2v) is 7.36. The lowest BCUT2D eigenvalue weighted by molar-refractivity contribution is -0.131. The predicted molar refractivity (Wildman–Crippen MR) is 95.1 cm³/mol. The number of nitrogens with zero attached hydrogens (tertiary/aromatic N) is 2. The maximum atomic E-state index is 12.3. The lowest BCUT2D eigenvalue weighted by atomic mass is 10.1. The van der Waals surface area contributed by atoms with Gasteiger partial charge in [-0.25, -0.2) is 4.98 Å². The van der Waals surface area contributed by atoms with E-state index in [1.54, 1.807) is 12.1 Å². The number of carbonyl (C=O) groups excluding carboxylic acids is 1. The number of carbonyl (C=O) groups is 1. The zero-order valence-corrected chi connectivity index (χ0v) is 14.8. The van der Waals surface area contributed by atoms with Gasteiger partial charge in [-0.1, -0.05) is 23.2 Å². The predicted octanol–water partition coefficient (Wildman–Crippen LogP) is 3.61. The fraction of sp³-hybridized carbons (Fsp3) is 0.375. The first kappa shape index (κ1) is 16.7. The summed E-state index contributed by atoms with van der Waals surface area (Å²) in [6.07, 6.45) is 2.06. The van der Waals surface area contributed by atoms with Crippen molar-refractivity contribution in [3.8, 4) is 10.6 Å². The monoisotopic (exact) mass is 369 g/mol. The molecular weight excluding hydrogens is 353 g/mol. The quantitative estimate of drug-likeness (QED) is 0.898. The van der Waals surface area contributed by atoms with Crippen molar-refractivity contribution in [1.82, 2.24) is 9.88 Å². The standard InChI is InChI=1S/C16H17Cl2N3OS/c17-10-1-2-13(14(18)7-10)16-20-12(9-23-16)8-15(22)21-5-3-11(19)4-6-21/h1-2,7,9,11H,3-6,8,19H2. The van der Waals surface area contributed by atoms with Crippen LogP contribution in [0.3, 0.4) is 0 Å². The molecule has 1 amide bonds. The molecule has 0 aliphatic carbocycles. The molecule has 0 atom stereocenters. The number of amides is 1. The number of halogens is 2. The van der Waals surface area contributed by atoms with Crippen LogP contribution in [0.1, 0.15) is 18.5 Å². The van der Waals surface area contributed by atoms with Crippen LogP contribution >= 0.6 is 34.5 Å². The summed E-state index contributed by atoms with van der Waals surface area (Å²) in [5.74, 6) is 0.107. The van der Waals surface area contributed by atoms with Gasteiger partial charge in [0.15, 0.2) is 0 Å². The molecule has 2 heterocycles. The Morgan fingerprint density at radius 3 is 2.78 bits per heavy atom. The highest BCUT2D eigenvalue weighted by molar-refractivity contribution is 7.13. The van der Waals surface area contributed by atoms with E-state index < -0.39 is 0 Å². The third kappa shape index (κ3) is 4.04. The zero-order valence-electron chi connectivity index (χ0n) is 12.5. The van der Waals surface area contributed by atoms with Crippen molar-refractivity contribution < 1.29 is 4.79 Å².